The maximum atomic E-state index is 3.44. The van der Waals surface area contributed by atoms with Crippen molar-refractivity contribution < 1.29 is 0 Å². The largest absolute Gasteiger partial charge is 0.313 e. The number of benzene rings is 1. The van der Waals surface area contributed by atoms with Crippen molar-refractivity contribution in [2.75, 3.05) is 26.7 Å². The van der Waals surface area contributed by atoms with Gasteiger partial charge in [-0.1, -0.05) is 51.1 Å². The molecule has 0 aromatic heterocycles. The van der Waals surface area contributed by atoms with Gasteiger partial charge in [0.1, 0.15) is 0 Å². The van der Waals surface area contributed by atoms with Crippen molar-refractivity contribution >= 4 is 0 Å². The first-order valence-electron chi connectivity index (χ1n) is 6.67. The zero-order chi connectivity index (χ0) is 12.7. The van der Waals surface area contributed by atoms with Gasteiger partial charge in [-0.3, -0.25) is 0 Å². The highest BCUT2D eigenvalue weighted by Crippen LogP contribution is 2.22. The summed E-state index contributed by atoms with van der Waals surface area (Å²) >= 11 is 0. The Morgan fingerprint density at radius 3 is 2.18 bits per heavy atom. The highest BCUT2D eigenvalue weighted by Gasteiger charge is 2.18. The molecule has 0 aliphatic carbocycles. The summed E-state index contributed by atoms with van der Waals surface area (Å²) in [5, 5.41) is 3.44. The second kappa shape index (κ2) is 7.46. The van der Waals surface area contributed by atoms with Crippen LogP contribution < -0.4 is 5.32 Å². The van der Waals surface area contributed by atoms with Gasteiger partial charge >= 0.3 is 0 Å². The van der Waals surface area contributed by atoms with Crippen LogP contribution in [0.15, 0.2) is 30.3 Å². The topological polar surface area (TPSA) is 15.3 Å². The van der Waals surface area contributed by atoms with Crippen LogP contribution >= 0.6 is 0 Å². The molecular weight excluding hydrogens is 208 g/mol. The van der Waals surface area contributed by atoms with E-state index in [1.807, 2.05) is 0 Å². The zero-order valence-electron chi connectivity index (χ0n) is 11.6. The number of nitrogens with one attached hydrogen (secondary N) is 1. The summed E-state index contributed by atoms with van der Waals surface area (Å²) in [6, 6.07) is 11.2. The van der Waals surface area contributed by atoms with Crippen LogP contribution in [0, 0.1) is 5.92 Å². The van der Waals surface area contributed by atoms with Gasteiger partial charge in [0, 0.05) is 12.6 Å². The van der Waals surface area contributed by atoms with E-state index in [1.54, 1.807) is 0 Å². The van der Waals surface area contributed by atoms with Crippen LogP contribution in [0.2, 0.25) is 0 Å². The Balaban J connectivity index is 2.67. The summed E-state index contributed by atoms with van der Waals surface area (Å²) in [5.74, 6) is 0.613. The average Bonchev–Trinajstić information content (AvgIpc) is 2.38. The minimum absolute atomic E-state index is 0.441. The van der Waals surface area contributed by atoms with Crippen LogP contribution in [0.1, 0.15) is 32.4 Å². The van der Waals surface area contributed by atoms with E-state index in [-0.39, 0.29) is 0 Å². The molecule has 0 saturated carbocycles. The summed E-state index contributed by atoms with van der Waals surface area (Å²) in [4.78, 5) is 2.48. The number of rotatable bonds is 7. The Morgan fingerprint density at radius 1 is 1.12 bits per heavy atom. The van der Waals surface area contributed by atoms with Crippen LogP contribution in [0.4, 0.5) is 0 Å². The molecule has 1 aromatic carbocycles. The minimum Gasteiger partial charge on any atom is -0.313 e. The Morgan fingerprint density at radius 2 is 1.71 bits per heavy atom. The molecule has 0 heterocycles. The normalized spacial score (nSPS) is 14.9. The molecule has 2 unspecified atom stereocenters. The van der Waals surface area contributed by atoms with Gasteiger partial charge in [0.25, 0.3) is 0 Å². The monoisotopic (exact) mass is 234 g/mol. The molecule has 0 radical (unpaired) electrons. The van der Waals surface area contributed by atoms with E-state index in [2.05, 4.69) is 68.4 Å². The van der Waals surface area contributed by atoms with Gasteiger partial charge < -0.3 is 10.2 Å². The van der Waals surface area contributed by atoms with Crippen LogP contribution in [0.5, 0.6) is 0 Å². The third-order valence-corrected chi connectivity index (χ3v) is 3.48. The predicted octanol–water partition coefficient (Wildman–Crippen LogP) is 2.93. The van der Waals surface area contributed by atoms with Crippen molar-refractivity contribution in [2.45, 2.75) is 26.8 Å². The van der Waals surface area contributed by atoms with E-state index in [4.69, 9.17) is 0 Å². The molecule has 0 spiro atoms. The van der Waals surface area contributed by atoms with E-state index in [0.717, 1.165) is 19.6 Å². The van der Waals surface area contributed by atoms with Crippen LogP contribution in [0.3, 0.4) is 0 Å². The quantitative estimate of drug-likeness (QED) is 0.780. The molecule has 2 heteroatoms. The van der Waals surface area contributed by atoms with Crippen molar-refractivity contribution in [2.24, 2.45) is 5.92 Å². The van der Waals surface area contributed by atoms with Gasteiger partial charge in [0.15, 0.2) is 0 Å². The molecule has 2 atom stereocenters. The molecule has 1 rings (SSSR count). The Hall–Kier alpha value is -0.860. The molecule has 0 fully saturated rings. The summed E-state index contributed by atoms with van der Waals surface area (Å²) < 4.78 is 0. The fourth-order valence-corrected chi connectivity index (χ4v) is 2.43. The second-order valence-electron chi connectivity index (χ2n) is 4.64. The lowest BCUT2D eigenvalue weighted by Gasteiger charge is -2.29. The SMILES string of the molecule is CCN(CC)CC(C)C(NC)c1ccccc1. The Labute approximate surface area is 106 Å². The Kier molecular flexibility index (Phi) is 6.23. The van der Waals surface area contributed by atoms with Crippen LogP contribution in [-0.2, 0) is 0 Å². The molecule has 1 N–H and O–H groups in total. The van der Waals surface area contributed by atoms with Gasteiger partial charge in [-0.15, -0.1) is 0 Å². The fraction of sp³-hybridized carbons (Fsp3) is 0.600. The van der Waals surface area contributed by atoms with E-state index < -0.39 is 0 Å². The maximum absolute atomic E-state index is 3.44. The highest BCUT2D eigenvalue weighted by atomic mass is 15.1. The summed E-state index contributed by atoms with van der Waals surface area (Å²) in [6.45, 7) is 10.2. The molecule has 1 aromatic rings. The first kappa shape index (κ1) is 14.2. The number of nitrogens with zero attached hydrogens (tertiary/aromatic N) is 1. The lowest BCUT2D eigenvalue weighted by Crippen LogP contribution is -2.34. The molecule has 0 amide bonds. The minimum atomic E-state index is 0.441. The molecule has 0 bridgehead atoms. The van der Waals surface area contributed by atoms with E-state index in [1.165, 1.54) is 5.56 Å². The van der Waals surface area contributed by atoms with Crippen molar-refractivity contribution in [3.05, 3.63) is 35.9 Å². The summed E-state index contributed by atoms with van der Waals surface area (Å²) in [6.07, 6.45) is 0. The van der Waals surface area contributed by atoms with Gasteiger partial charge in [0.2, 0.25) is 0 Å². The van der Waals surface area contributed by atoms with E-state index in [9.17, 15) is 0 Å². The number of hydrogen-bond acceptors (Lipinski definition) is 2. The molecule has 96 valence electrons. The standard InChI is InChI=1S/C15H26N2/c1-5-17(6-2)12-13(3)15(16-4)14-10-8-7-9-11-14/h7-11,13,15-16H,5-6,12H2,1-4H3. The second-order valence-corrected chi connectivity index (χ2v) is 4.64. The van der Waals surface area contributed by atoms with Crippen molar-refractivity contribution in [1.29, 1.82) is 0 Å². The number of hydrogen-bond donors (Lipinski definition) is 1. The van der Waals surface area contributed by atoms with E-state index in [0.29, 0.717) is 12.0 Å². The fourth-order valence-electron chi connectivity index (χ4n) is 2.43. The predicted molar refractivity (Wildman–Crippen MR) is 75.2 cm³/mol. The molecule has 0 aliphatic heterocycles. The summed E-state index contributed by atoms with van der Waals surface area (Å²) in [7, 11) is 2.05. The van der Waals surface area contributed by atoms with Gasteiger partial charge in [0.05, 0.1) is 0 Å². The molecule has 17 heavy (non-hydrogen) atoms. The molecule has 0 saturated heterocycles. The maximum Gasteiger partial charge on any atom is 0.0355 e. The highest BCUT2D eigenvalue weighted by molar-refractivity contribution is 5.19. The van der Waals surface area contributed by atoms with Crippen LogP contribution in [-0.4, -0.2) is 31.6 Å². The summed E-state index contributed by atoms with van der Waals surface area (Å²) in [5.41, 5.74) is 1.38. The van der Waals surface area contributed by atoms with Crippen molar-refractivity contribution in [3.8, 4) is 0 Å². The zero-order valence-corrected chi connectivity index (χ0v) is 11.6. The Bertz CT molecular complexity index is 293. The molecule has 2 nitrogen and oxygen atoms in total. The van der Waals surface area contributed by atoms with Crippen LogP contribution in [0.25, 0.3) is 0 Å². The first-order valence-corrected chi connectivity index (χ1v) is 6.67. The molecule has 0 aliphatic rings. The van der Waals surface area contributed by atoms with Crippen molar-refractivity contribution in [3.63, 3.8) is 0 Å². The first-order chi connectivity index (χ1) is 8.22. The lowest BCUT2D eigenvalue weighted by atomic mass is 9.94. The van der Waals surface area contributed by atoms with E-state index >= 15 is 0 Å². The lowest BCUT2D eigenvalue weighted by molar-refractivity contribution is 0.232. The van der Waals surface area contributed by atoms with Gasteiger partial charge in [-0.05, 0) is 31.6 Å². The third-order valence-electron chi connectivity index (χ3n) is 3.48. The third kappa shape index (κ3) is 4.14. The smallest absolute Gasteiger partial charge is 0.0355 e. The average molecular weight is 234 g/mol. The van der Waals surface area contributed by atoms with Gasteiger partial charge in [-0.2, -0.15) is 0 Å². The van der Waals surface area contributed by atoms with Gasteiger partial charge in [-0.25, -0.2) is 0 Å². The van der Waals surface area contributed by atoms with Crippen molar-refractivity contribution in [1.82, 2.24) is 10.2 Å². The molecular formula is C15H26N2.